The molecule has 2 atom stereocenters. The van der Waals surface area contributed by atoms with Crippen LogP contribution in [0.15, 0.2) is 11.1 Å². The van der Waals surface area contributed by atoms with Crippen LogP contribution in [-0.4, -0.2) is 11.2 Å². The van der Waals surface area contributed by atoms with Crippen LogP contribution in [0.2, 0.25) is 0 Å². The Morgan fingerprint density at radius 3 is 1.62 bits per heavy atom. The molecule has 0 radical (unpaired) electrons. The van der Waals surface area contributed by atoms with E-state index in [4.69, 9.17) is 0 Å². The van der Waals surface area contributed by atoms with Crippen LogP contribution in [-0.2, 0) is 0 Å². The molecule has 13 heavy (non-hydrogen) atoms. The highest BCUT2D eigenvalue weighted by Gasteiger charge is 2.23. The molecule has 0 rings (SSSR count). The Morgan fingerprint density at radius 1 is 1.00 bits per heavy atom. The molecule has 0 aliphatic heterocycles. The predicted octanol–water partition coefficient (Wildman–Crippen LogP) is 3.39. The molecule has 1 heteroatoms. The zero-order valence-corrected chi connectivity index (χ0v) is 10.1. The monoisotopic (exact) mass is 184 g/mol. The molecule has 0 aliphatic rings. The van der Waals surface area contributed by atoms with Crippen molar-refractivity contribution in [3.8, 4) is 0 Å². The maximum atomic E-state index is 9.45. The van der Waals surface area contributed by atoms with Crippen molar-refractivity contribution in [2.45, 2.75) is 54.6 Å². The molecule has 0 fully saturated rings. The van der Waals surface area contributed by atoms with Crippen LogP contribution in [0, 0.1) is 11.3 Å². The lowest BCUT2D eigenvalue weighted by atomic mass is 9.76. The van der Waals surface area contributed by atoms with Crippen molar-refractivity contribution < 1.29 is 5.11 Å². The Hall–Kier alpha value is -0.300. The molecule has 0 heterocycles. The first-order chi connectivity index (χ1) is 5.68. The Morgan fingerprint density at radius 2 is 1.38 bits per heavy atom. The van der Waals surface area contributed by atoms with Crippen LogP contribution >= 0.6 is 0 Å². The maximum absolute atomic E-state index is 9.45. The topological polar surface area (TPSA) is 20.2 Å². The highest BCUT2D eigenvalue weighted by molar-refractivity contribution is 5.17. The highest BCUT2D eigenvalue weighted by atomic mass is 16.3. The molecular formula is C12H24O. The zero-order chi connectivity index (χ0) is 10.8. The second-order valence-electron chi connectivity index (χ2n) is 5.13. The molecule has 1 nitrogen and oxygen atoms in total. The second kappa shape index (κ2) is 4.28. The summed E-state index contributed by atoms with van der Waals surface area (Å²) in [6.45, 7) is 14.9. The van der Waals surface area contributed by atoms with Gasteiger partial charge in [-0.3, -0.25) is 0 Å². The van der Waals surface area contributed by atoms with E-state index < -0.39 is 0 Å². The lowest BCUT2D eigenvalue weighted by Gasteiger charge is -2.30. The molecule has 0 bridgehead atoms. The van der Waals surface area contributed by atoms with E-state index in [1.165, 1.54) is 5.57 Å². The summed E-state index contributed by atoms with van der Waals surface area (Å²) < 4.78 is 0. The van der Waals surface area contributed by atoms with E-state index >= 15 is 0 Å². The summed E-state index contributed by atoms with van der Waals surface area (Å²) in [6.07, 6.45) is -0.315. The number of hydrogen-bond acceptors (Lipinski definition) is 1. The lowest BCUT2D eigenvalue weighted by molar-refractivity contribution is 0.224. The van der Waals surface area contributed by atoms with Gasteiger partial charge in [-0.25, -0.2) is 0 Å². The molecule has 1 N–H and O–H groups in total. The lowest BCUT2D eigenvalue weighted by Crippen LogP contribution is -2.20. The molecule has 0 spiro atoms. The number of aliphatic hydroxyl groups excluding tert-OH is 1. The third-order valence-corrected chi connectivity index (χ3v) is 3.20. The summed E-state index contributed by atoms with van der Waals surface area (Å²) in [4.78, 5) is 0. The Bertz CT molecular complexity index is 194. The first kappa shape index (κ1) is 12.7. The zero-order valence-electron chi connectivity index (χ0n) is 10.1. The fourth-order valence-corrected chi connectivity index (χ4v) is 1.32. The van der Waals surface area contributed by atoms with Gasteiger partial charge in [0.25, 0.3) is 0 Å². The van der Waals surface area contributed by atoms with Crippen LogP contribution in [0.25, 0.3) is 0 Å². The number of aliphatic hydroxyl groups is 1. The van der Waals surface area contributed by atoms with E-state index in [-0.39, 0.29) is 11.5 Å². The maximum Gasteiger partial charge on any atom is 0.0721 e. The van der Waals surface area contributed by atoms with E-state index in [1.54, 1.807) is 0 Å². The van der Waals surface area contributed by atoms with Crippen molar-refractivity contribution in [3.63, 3.8) is 0 Å². The van der Waals surface area contributed by atoms with E-state index in [9.17, 15) is 5.11 Å². The first-order valence-corrected chi connectivity index (χ1v) is 5.03. The Balaban J connectivity index is 4.78. The summed E-state index contributed by atoms with van der Waals surface area (Å²) in [7, 11) is 0. The average molecular weight is 184 g/mol. The number of allylic oxidation sites excluding steroid dienone is 1. The van der Waals surface area contributed by atoms with E-state index in [0.717, 1.165) is 5.57 Å². The van der Waals surface area contributed by atoms with Gasteiger partial charge in [0.2, 0.25) is 0 Å². The fraction of sp³-hybridized carbons (Fsp3) is 0.833. The minimum atomic E-state index is -0.315. The standard InChI is InChI=1S/C12H24O/c1-8(9(2)11(4)13)10(3)12(5,6)7/h10-11,13H,1-7H3/b9-8+. The molecule has 78 valence electrons. The molecule has 2 unspecified atom stereocenters. The summed E-state index contributed by atoms with van der Waals surface area (Å²) in [5.41, 5.74) is 2.71. The van der Waals surface area contributed by atoms with Crippen molar-refractivity contribution in [2.24, 2.45) is 11.3 Å². The van der Waals surface area contributed by atoms with Crippen LogP contribution in [0.3, 0.4) is 0 Å². The molecule has 0 aliphatic carbocycles. The van der Waals surface area contributed by atoms with Crippen molar-refractivity contribution in [1.82, 2.24) is 0 Å². The van der Waals surface area contributed by atoms with Crippen molar-refractivity contribution in [3.05, 3.63) is 11.1 Å². The van der Waals surface area contributed by atoms with Gasteiger partial charge in [0.15, 0.2) is 0 Å². The molecule has 0 aromatic carbocycles. The third-order valence-electron chi connectivity index (χ3n) is 3.20. The average Bonchev–Trinajstić information content (AvgIpc) is 1.98. The van der Waals surface area contributed by atoms with Crippen molar-refractivity contribution >= 4 is 0 Å². The minimum Gasteiger partial charge on any atom is -0.389 e. The van der Waals surface area contributed by atoms with Gasteiger partial charge in [-0.2, -0.15) is 0 Å². The van der Waals surface area contributed by atoms with Gasteiger partial charge in [-0.05, 0) is 37.7 Å². The summed E-state index contributed by atoms with van der Waals surface area (Å²) in [5.74, 6) is 0.516. The fourth-order valence-electron chi connectivity index (χ4n) is 1.32. The smallest absolute Gasteiger partial charge is 0.0721 e. The second-order valence-corrected chi connectivity index (χ2v) is 5.13. The van der Waals surface area contributed by atoms with Gasteiger partial charge < -0.3 is 5.11 Å². The van der Waals surface area contributed by atoms with Crippen molar-refractivity contribution in [2.75, 3.05) is 0 Å². The van der Waals surface area contributed by atoms with Gasteiger partial charge in [0, 0.05) is 0 Å². The van der Waals surface area contributed by atoms with Crippen LogP contribution in [0.5, 0.6) is 0 Å². The minimum absolute atomic E-state index is 0.278. The van der Waals surface area contributed by atoms with Crippen LogP contribution in [0.1, 0.15) is 48.5 Å². The number of hydrogen-bond donors (Lipinski definition) is 1. The van der Waals surface area contributed by atoms with Crippen LogP contribution < -0.4 is 0 Å². The van der Waals surface area contributed by atoms with Gasteiger partial charge >= 0.3 is 0 Å². The normalized spacial score (nSPS) is 19.4. The molecule has 0 saturated heterocycles. The molecule has 0 aromatic rings. The van der Waals surface area contributed by atoms with Gasteiger partial charge in [0.1, 0.15) is 0 Å². The molecule has 0 amide bonds. The summed E-state index contributed by atoms with van der Waals surface area (Å²) in [6, 6.07) is 0. The summed E-state index contributed by atoms with van der Waals surface area (Å²) in [5, 5.41) is 9.45. The van der Waals surface area contributed by atoms with Gasteiger partial charge in [-0.15, -0.1) is 0 Å². The first-order valence-electron chi connectivity index (χ1n) is 5.03. The van der Waals surface area contributed by atoms with Gasteiger partial charge in [0.05, 0.1) is 6.10 Å². The quantitative estimate of drug-likeness (QED) is 0.652. The number of rotatable bonds is 2. The van der Waals surface area contributed by atoms with E-state index in [2.05, 4.69) is 34.6 Å². The molecular weight excluding hydrogens is 160 g/mol. The van der Waals surface area contributed by atoms with Gasteiger partial charge in [-0.1, -0.05) is 33.3 Å². The predicted molar refractivity (Wildman–Crippen MR) is 58.7 cm³/mol. The largest absolute Gasteiger partial charge is 0.389 e. The summed E-state index contributed by atoms with van der Waals surface area (Å²) >= 11 is 0. The van der Waals surface area contributed by atoms with Crippen molar-refractivity contribution in [1.29, 1.82) is 0 Å². The van der Waals surface area contributed by atoms with Crippen LogP contribution in [0.4, 0.5) is 0 Å². The Labute approximate surface area is 82.9 Å². The molecule has 0 aromatic heterocycles. The van der Waals surface area contributed by atoms with E-state index in [0.29, 0.717) is 5.92 Å². The Kier molecular flexibility index (Phi) is 4.18. The molecule has 0 saturated carbocycles. The highest BCUT2D eigenvalue weighted by Crippen LogP contribution is 2.33. The third kappa shape index (κ3) is 3.51. The SMILES string of the molecule is C/C(=C(/C)C(C)C(C)(C)C)C(C)O. The van der Waals surface area contributed by atoms with E-state index in [1.807, 2.05) is 13.8 Å².